The van der Waals surface area contributed by atoms with Gasteiger partial charge in [-0.15, -0.1) is 0 Å². The summed E-state index contributed by atoms with van der Waals surface area (Å²) in [7, 11) is 0. The molecule has 1 heterocycles. The highest BCUT2D eigenvalue weighted by Crippen LogP contribution is 2.12. The van der Waals surface area contributed by atoms with Crippen molar-refractivity contribution in [2.24, 2.45) is 0 Å². The highest BCUT2D eigenvalue weighted by Gasteiger charge is 2.23. The van der Waals surface area contributed by atoms with E-state index in [4.69, 9.17) is 9.84 Å². The van der Waals surface area contributed by atoms with Crippen LogP contribution in [-0.4, -0.2) is 33.2 Å². The van der Waals surface area contributed by atoms with Gasteiger partial charge in [-0.25, -0.2) is 9.78 Å². The lowest BCUT2D eigenvalue weighted by atomic mass is 10.2. The molecule has 0 radical (unpaired) electrons. The molecule has 6 heteroatoms. The normalized spacial score (nSPS) is 12.1. The van der Waals surface area contributed by atoms with Gasteiger partial charge in [-0.1, -0.05) is 13.3 Å². The summed E-state index contributed by atoms with van der Waals surface area (Å²) in [6.45, 7) is 2.32. The Morgan fingerprint density at radius 1 is 1.53 bits per heavy atom. The molecule has 0 amide bonds. The topological polar surface area (TPSA) is 81.4 Å². The van der Waals surface area contributed by atoms with Crippen molar-refractivity contribution in [2.75, 3.05) is 6.61 Å². The minimum Gasteiger partial charge on any atom is -0.480 e. The van der Waals surface area contributed by atoms with Crippen LogP contribution in [0.3, 0.4) is 0 Å². The van der Waals surface area contributed by atoms with Crippen LogP contribution in [-0.2, 0) is 14.3 Å². The van der Waals surface area contributed by atoms with Crippen molar-refractivity contribution in [3.63, 3.8) is 0 Å². The molecular weight excluding hydrogens is 224 g/mol. The predicted molar refractivity (Wildman–Crippen MR) is 59.4 cm³/mol. The van der Waals surface area contributed by atoms with Crippen molar-refractivity contribution in [1.29, 1.82) is 0 Å². The van der Waals surface area contributed by atoms with E-state index in [9.17, 15) is 9.59 Å². The number of unbranched alkanes of at least 4 members (excludes halogenated alkanes) is 1. The minimum atomic E-state index is -1.07. The molecule has 0 bridgehead atoms. The van der Waals surface area contributed by atoms with Gasteiger partial charge in [0.1, 0.15) is 6.04 Å². The predicted octanol–water partition coefficient (Wildman–Crippen LogP) is 1.24. The highest BCUT2D eigenvalue weighted by molar-refractivity contribution is 5.80. The van der Waals surface area contributed by atoms with E-state index in [2.05, 4.69) is 4.98 Å². The van der Waals surface area contributed by atoms with Crippen LogP contribution in [0.25, 0.3) is 0 Å². The first kappa shape index (κ1) is 13.2. The molecule has 0 saturated heterocycles. The third kappa shape index (κ3) is 4.26. The maximum atomic E-state index is 11.4. The molecule has 17 heavy (non-hydrogen) atoms. The van der Waals surface area contributed by atoms with Crippen LogP contribution >= 0.6 is 0 Å². The van der Waals surface area contributed by atoms with E-state index in [1.54, 1.807) is 0 Å². The number of imidazole rings is 1. The quantitative estimate of drug-likeness (QED) is 0.573. The molecule has 94 valence electrons. The van der Waals surface area contributed by atoms with Crippen molar-refractivity contribution in [2.45, 2.75) is 32.2 Å². The molecule has 0 fully saturated rings. The smallest absolute Gasteiger partial charge is 0.327 e. The van der Waals surface area contributed by atoms with E-state index in [-0.39, 0.29) is 6.42 Å². The van der Waals surface area contributed by atoms with E-state index < -0.39 is 18.0 Å². The number of hydrogen-bond acceptors (Lipinski definition) is 4. The molecule has 1 aromatic rings. The second kappa shape index (κ2) is 6.67. The van der Waals surface area contributed by atoms with E-state index >= 15 is 0 Å². The van der Waals surface area contributed by atoms with E-state index in [0.717, 1.165) is 12.8 Å². The zero-order chi connectivity index (χ0) is 12.7. The molecule has 1 N–H and O–H groups in total. The first-order valence-corrected chi connectivity index (χ1v) is 5.51. The maximum Gasteiger partial charge on any atom is 0.327 e. The molecule has 0 aliphatic heterocycles. The van der Waals surface area contributed by atoms with E-state index in [1.807, 2.05) is 6.92 Å². The average Bonchev–Trinajstić information content (AvgIpc) is 2.79. The van der Waals surface area contributed by atoms with Crippen LogP contribution in [0.2, 0.25) is 0 Å². The third-order valence-electron chi connectivity index (χ3n) is 2.29. The molecule has 0 aromatic carbocycles. The molecule has 1 rings (SSSR count). The van der Waals surface area contributed by atoms with Gasteiger partial charge in [0.2, 0.25) is 0 Å². The lowest BCUT2D eigenvalue weighted by molar-refractivity contribution is -0.151. The largest absolute Gasteiger partial charge is 0.480 e. The Labute approximate surface area is 99.2 Å². The molecular formula is C11H16N2O4. The van der Waals surface area contributed by atoms with Crippen LogP contribution in [0, 0.1) is 0 Å². The summed E-state index contributed by atoms with van der Waals surface area (Å²) in [5.41, 5.74) is 0. The average molecular weight is 240 g/mol. The van der Waals surface area contributed by atoms with Gasteiger partial charge in [0, 0.05) is 12.4 Å². The summed E-state index contributed by atoms with van der Waals surface area (Å²) >= 11 is 0. The van der Waals surface area contributed by atoms with Gasteiger partial charge >= 0.3 is 11.9 Å². The number of carbonyl (C=O) groups is 2. The van der Waals surface area contributed by atoms with Crippen LogP contribution in [0.4, 0.5) is 0 Å². The number of esters is 1. The molecule has 0 spiro atoms. The molecule has 6 nitrogen and oxygen atoms in total. The Balaban J connectivity index is 2.51. The highest BCUT2D eigenvalue weighted by atomic mass is 16.5. The number of rotatable bonds is 7. The molecule has 0 saturated carbocycles. The Bertz CT molecular complexity index is 362. The van der Waals surface area contributed by atoms with Crippen LogP contribution in [0.5, 0.6) is 0 Å². The third-order valence-corrected chi connectivity index (χ3v) is 2.29. The van der Waals surface area contributed by atoms with Gasteiger partial charge in [-0.05, 0) is 6.42 Å². The second-order valence-corrected chi connectivity index (χ2v) is 3.64. The fraction of sp³-hybridized carbons (Fsp3) is 0.545. The molecule has 0 unspecified atom stereocenters. The number of ether oxygens (including phenoxy) is 1. The summed E-state index contributed by atoms with van der Waals surface area (Å²) in [6.07, 6.45) is 5.88. The Morgan fingerprint density at radius 2 is 2.29 bits per heavy atom. The maximum absolute atomic E-state index is 11.4. The fourth-order valence-electron chi connectivity index (χ4n) is 1.32. The summed E-state index contributed by atoms with van der Waals surface area (Å²) < 4.78 is 6.30. The van der Waals surface area contributed by atoms with Gasteiger partial charge in [0.05, 0.1) is 19.4 Å². The van der Waals surface area contributed by atoms with E-state index in [1.165, 1.54) is 23.3 Å². The van der Waals surface area contributed by atoms with Gasteiger partial charge in [0.15, 0.2) is 0 Å². The number of carbonyl (C=O) groups excluding carboxylic acids is 1. The Hall–Kier alpha value is -1.85. The van der Waals surface area contributed by atoms with Crippen LogP contribution < -0.4 is 0 Å². The number of nitrogens with zero attached hydrogens (tertiary/aromatic N) is 2. The van der Waals surface area contributed by atoms with Gasteiger partial charge in [0.25, 0.3) is 0 Å². The molecule has 1 aromatic heterocycles. The number of aliphatic carboxylic acids is 1. The lowest BCUT2D eigenvalue weighted by Crippen LogP contribution is -2.22. The SMILES string of the molecule is CCCCOC(=O)C[C@@H](C(=O)O)n1ccnc1. The van der Waals surface area contributed by atoms with Gasteiger partial charge in [-0.3, -0.25) is 4.79 Å². The first-order chi connectivity index (χ1) is 8.15. The number of aromatic nitrogens is 2. The van der Waals surface area contributed by atoms with Crippen LogP contribution in [0.1, 0.15) is 32.2 Å². The van der Waals surface area contributed by atoms with Crippen LogP contribution in [0.15, 0.2) is 18.7 Å². The van der Waals surface area contributed by atoms with E-state index in [0.29, 0.717) is 6.61 Å². The summed E-state index contributed by atoms with van der Waals surface area (Å²) in [5.74, 6) is -1.57. The first-order valence-electron chi connectivity index (χ1n) is 5.51. The summed E-state index contributed by atoms with van der Waals surface area (Å²) in [6, 6.07) is -0.952. The Morgan fingerprint density at radius 3 is 2.82 bits per heavy atom. The molecule has 0 aliphatic carbocycles. The van der Waals surface area contributed by atoms with Crippen molar-refractivity contribution in [1.82, 2.24) is 9.55 Å². The monoisotopic (exact) mass is 240 g/mol. The number of carboxylic acids is 1. The Kier molecular flexibility index (Phi) is 5.19. The molecule has 0 aliphatic rings. The molecule has 1 atom stereocenters. The summed E-state index contributed by atoms with van der Waals surface area (Å²) in [5, 5.41) is 9.01. The lowest BCUT2D eigenvalue weighted by Gasteiger charge is -2.12. The fourth-order valence-corrected chi connectivity index (χ4v) is 1.32. The standard InChI is InChI=1S/C11H16N2O4/c1-2-3-6-17-10(14)7-9(11(15)16)13-5-4-12-8-13/h4-5,8-9H,2-3,6-7H2,1H3,(H,15,16)/t9-/m0/s1. The van der Waals surface area contributed by atoms with Crippen molar-refractivity contribution in [3.05, 3.63) is 18.7 Å². The van der Waals surface area contributed by atoms with Crippen molar-refractivity contribution < 1.29 is 19.4 Å². The number of carboxylic acid groups (broad SMARTS) is 1. The van der Waals surface area contributed by atoms with Crippen molar-refractivity contribution >= 4 is 11.9 Å². The zero-order valence-electron chi connectivity index (χ0n) is 9.70. The summed E-state index contributed by atoms with van der Waals surface area (Å²) in [4.78, 5) is 26.2. The van der Waals surface area contributed by atoms with Gasteiger partial charge < -0.3 is 14.4 Å². The van der Waals surface area contributed by atoms with Gasteiger partial charge in [-0.2, -0.15) is 0 Å². The zero-order valence-corrected chi connectivity index (χ0v) is 9.70. The second-order valence-electron chi connectivity index (χ2n) is 3.64. The van der Waals surface area contributed by atoms with Crippen molar-refractivity contribution in [3.8, 4) is 0 Å². The number of hydrogen-bond donors (Lipinski definition) is 1. The minimum absolute atomic E-state index is 0.185.